The third-order valence-electron chi connectivity index (χ3n) is 4.10. The van der Waals surface area contributed by atoms with Crippen molar-refractivity contribution in [1.29, 1.82) is 0 Å². The maximum Gasteiger partial charge on any atom is 0.254 e. The van der Waals surface area contributed by atoms with Crippen molar-refractivity contribution < 1.29 is 9.90 Å². The van der Waals surface area contributed by atoms with Crippen molar-refractivity contribution in [2.24, 2.45) is 0 Å². The molecule has 2 fully saturated rings. The highest BCUT2D eigenvalue weighted by Crippen LogP contribution is 2.29. The molecular weight excluding hydrogens is 292 g/mol. The zero-order valence-corrected chi connectivity index (χ0v) is 13.1. The predicted molar refractivity (Wildman–Crippen MR) is 84.6 cm³/mol. The Balaban J connectivity index is 1.59. The van der Waals surface area contributed by atoms with Crippen molar-refractivity contribution in [3.63, 3.8) is 0 Å². The number of aliphatic hydroxyl groups is 1. The third-order valence-corrected chi connectivity index (χ3v) is 6.02. The Morgan fingerprint density at radius 3 is 2.50 bits per heavy atom. The first-order valence-electron chi connectivity index (χ1n) is 7.07. The Bertz CT molecular complexity index is 450. The average Bonchev–Trinajstić information content (AvgIpc) is 3.02. The van der Waals surface area contributed by atoms with Crippen LogP contribution >= 0.6 is 23.1 Å². The van der Waals surface area contributed by atoms with Gasteiger partial charge in [0.2, 0.25) is 0 Å². The van der Waals surface area contributed by atoms with Gasteiger partial charge in [-0.25, -0.2) is 0 Å². The van der Waals surface area contributed by atoms with Crippen LogP contribution in [-0.4, -0.2) is 59.2 Å². The Labute approximate surface area is 127 Å². The maximum atomic E-state index is 12.5. The molecule has 0 aromatic carbocycles. The topological polar surface area (TPSA) is 43.8 Å². The quantitative estimate of drug-likeness (QED) is 0.902. The molecule has 2 saturated heterocycles. The first-order chi connectivity index (χ1) is 9.69. The van der Waals surface area contributed by atoms with E-state index in [9.17, 15) is 9.90 Å². The minimum Gasteiger partial charge on any atom is -0.380 e. The monoisotopic (exact) mass is 312 g/mol. The van der Waals surface area contributed by atoms with Crippen molar-refractivity contribution >= 4 is 34.0 Å². The minimum absolute atomic E-state index is 0.0522. The van der Waals surface area contributed by atoms with Gasteiger partial charge >= 0.3 is 0 Å². The second kappa shape index (κ2) is 5.95. The Kier molecular flexibility index (Phi) is 4.23. The van der Waals surface area contributed by atoms with E-state index in [1.165, 1.54) is 5.00 Å². The highest BCUT2D eigenvalue weighted by molar-refractivity contribution is 7.99. The largest absolute Gasteiger partial charge is 0.380 e. The number of thiophene rings is 1. The van der Waals surface area contributed by atoms with Gasteiger partial charge in [0.15, 0.2) is 0 Å². The van der Waals surface area contributed by atoms with Crippen molar-refractivity contribution in [3.8, 4) is 0 Å². The molecule has 0 saturated carbocycles. The van der Waals surface area contributed by atoms with E-state index in [1.807, 2.05) is 16.7 Å². The fourth-order valence-electron chi connectivity index (χ4n) is 2.80. The van der Waals surface area contributed by atoms with Gasteiger partial charge in [0.1, 0.15) is 5.60 Å². The third kappa shape index (κ3) is 2.82. The van der Waals surface area contributed by atoms with E-state index >= 15 is 0 Å². The molecule has 1 aromatic rings. The molecule has 1 amide bonds. The van der Waals surface area contributed by atoms with Crippen LogP contribution in [0.2, 0.25) is 0 Å². The van der Waals surface area contributed by atoms with Crippen LogP contribution in [-0.2, 0) is 4.79 Å². The maximum absolute atomic E-state index is 12.5. The van der Waals surface area contributed by atoms with Crippen LogP contribution in [0.15, 0.2) is 17.5 Å². The van der Waals surface area contributed by atoms with Crippen molar-refractivity contribution in [1.82, 2.24) is 4.90 Å². The molecule has 0 unspecified atom stereocenters. The van der Waals surface area contributed by atoms with Crippen LogP contribution in [0.3, 0.4) is 0 Å². The summed E-state index contributed by atoms with van der Waals surface area (Å²) in [7, 11) is 0. The van der Waals surface area contributed by atoms with Crippen molar-refractivity contribution in [2.75, 3.05) is 42.6 Å². The second-order valence-electron chi connectivity index (χ2n) is 5.37. The van der Waals surface area contributed by atoms with Gasteiger partial charge in [-0.15, -0.1) is 11.3 Å². The lowest BCUT2D eigenvalue weighted by molar-refractivity contribution is -0.152. The van der Waals surface area contributed by atoms with E-state index in [-0.39, 0.29) is 5.91 Å². The summed E-state index contributed by atoms with van der Waals surface area (Å²) in [5, 5.41) is 13.9. The molecule has 0 radical (unpaired) electrons. The standard InChI is InChI=1S/C14H20N2O2S2/c17-13(14(18)3-10-19-11-4-14)16-7-5-15(6-8-16)12-2-1-9-20-12/h1-2,9,18H,3-8,10-11H2. The van der Waals surface area contributed by atoms with E-state index in [0.29, 0.717) is 25.9 Å². The molecule has 0 aliphatic carbocycles. The van der Waals surface area contributed by atoms with Gasteiger partial charge in [-0.2, -0.15) is 11.8 Å². The average molecular weight is 312 g/mol. The zero-order valence-electron chi connectivity index (χ0n) is 11.5. The smallest absolute Gasteiger partial charge is 0.254 e. The molecular formula is C14H20N2O2S2. The number of anilines is 1. The summed E-state index contributed by atoms with van der Waals surface area (Å²) in [6.07, 6.45) is 1.20. The van der Waals surface area contributed by atoms with Gasteiger partial charge in [-0.1, -0.05) is 0 Å². The number of carbonyl (C=O) groups excluding carboxylic acids is 1. The van der Waals surface area contributed by atoms with Crippen LogP contribution in [0.4, 0.5) is 5.00 Å². The van der Waals surface area contributed by atoms with Crippen LogP contribution in [0.5, 0.6) is 0 Å². The molecule has 110 valence electrons. The molecule has 6 heteroatoms. The number of hydrogen-bond donors (Lipinski definition) is 1. The summed E-state index contributed by atoms with van der Waals surface area (Å²) in [6.45, 7) is 3.15. The Morgan fingerprint density at radius 2 is 1.90 bits per heavy atom. The van der Waals surface area contributed by atoms with Crippen molar-refractivity contribution in [2.45, 2.75) is 18.4 Å². The number of amides is 1. The van der Waals surface area contributed by atoms with Crippen LogP contribution in [0.25, 0.3) is 0 Å². The lowest BCUT2D eigenvalue weighted by atomic mass is 9.94. The fourth-order valence-corrected chi connectivity index (χ4v) is 4.75. The normalized spacial score (nSPS) is 22.9. The lowest BCUT2D eigenvalue weighted by Gasteiger charge is -2.40. The molecule has 2 aliphatic rings. The van der Waals surface area contributed by atoms with E-state index in [0.717, 1.165) is 24.6 Å². The summed E-state index contributed by atoms with van der Waals surface area (Å²) in [5.74, 6) is 1.72. The van der Waals surface area contributed by atoms with E-state index < -0.39 is 5.60 Å². The molecule has 0 spiro atoms. The number of hydrogen-bond acceptors (Lipinski definition) is 5. The van der Waals surface area contributed by atoms with E-state index in [2.05, 4.69) is 22.4 Å². The van der Waals surface area contributed by atoms with Crippen molar-refractivity contribution in [3.05, 3.63) is 17.5 Å². The predicted octanol–water partition coefficient (Wildman–Crippen LogP) is 1.65. The summed E-state index contributed by atoms with van der Waals surface area (Å²) in [5.41, 5.74) is -1.10. The number of rotatable bonds is 2. The number of thioether (sulfide) groups is 1. The fraction of sp³-hybridized carbons (Fsp3) is 0.643. The highest BCUT2D eigenvalue weighted by atomic mass is 32.2. The van der Waals surface area contributed by atoms with Crippen LogP contribution in [0, 0.1) is 0 Å². The highest BCUT2D eigenvalue weighted by Gasteiger charge is 2.41. The molecule has 0 bridgehead atoms. The van der Waals surface area contributed by atoms with E-state index in [4.69, 9.17) is 0 Å². The SMILES string of the molecule is O=C(N1CCN(c2cccs2)CC1)C1(O)CCSCC1. The minimum atomic E-state index is -1.10. The van der Waals surface area contributed by atoms with Gasteiger partial charge in [-0.3, -0.25) is 4.79 Å². The molecule has 20 heavy (non-hydrogen) atoms. The number of carbonyl (C=O) groups is 1. The van der Waals surface area contributed by atoms with E-state index in [1.54, 1.807) is 11.3 Å². The number of nitrogens with zero attached hydrogens (tertiary/aromatic N) is 2. The molecule has 2 aliphatic heterocycles. The van der Waals surface area contributed by atoms with Gasteiger partial charge in [0.05, 0.1) is 5.00 Å². The first-order valence-corrected chi connectivity index (χ1v) is 9.10. The molecule has 4 nitrogen and oxygen atoms in total. The van der Waals surface area contributed by atoms with Gasteiger partial charge in [0.25, 0.3) is 5.91 Å². The summed E-state index contributed by atoms with van der Waals surface area (Å²) in [4.78, 5) is 16.7. The zero-order chi connectivity index (χ0) is 14.0. The van der Waals surface area contributed by atoms with Gasteiger partial charge in [-0.05, 0) is 41.9 Å². The van der Waals surface area contributed by atoms with Gasteiger partial charge in [0, 0.05) is 26.2 Å². The summed E-state index contributed by atoms with van der Waals surface area (Å²) in [6, 6.07) is 4.17. The molecule has 3 heterocycles. The summed E-state index contributed by atoms with van der Waals surface area (Å²) >= 11 is 3.56. The van der Waals surface area contributed by atoms with Crippen LogP contribution in [0.1, 0.15) is 12.8 Å². The molecule has 0 atom stereocenters. The first kappa shape index (κ1) is 14.2. The number of piperazine rings is 1. The summed E-state index contributed by atoms with van der Waals surface area (Å²) < 4.78 is 0. The van der Waals surface area contributed by atoms with Gasteiger partial charge < -0.3 is 14.9 Å². The lowest BCUT2D eigenvalue weighted by Crippen LogP contribution is -2.56. The second-order valence-corrected chi connectivity index (χ2v) is 7.53. The Hall–Kier alpha value is -0.720. The molecule has 3 rings (SSSR count). The Morgan fingerprint density at radius 1 is 1.20 bits per heavy atom. The van der Waals surface area contributed by atoms with Crippen LogP contribution < -0.4 is 4.90 Å². The molecule has 1 aromatic heterocycles. The molecule has 1 N–H and O–H groups in total.